The Morgan fingerprint density at radius 2 is 1.95 bits per heavy atom. The van der Waals surface area contributed by atoms with Gasteiger partial charge in [0.15, 0.2) is 11.9 Å². The molecule has 0 aliphatic carbocycles. The average molecular weight is 289 g/mol. The fraction of sp³-hybridized carbons (Fsp3) is 0.235. The van der Waals surface area contributed by atoms with Crippen molar-refractivity contribution in [3.8, 4) is 5.75 Å². The third-order valence-corrected chi connectivity index (χ3v) is 3.42. The van der Waals surface area contributed by atoms with Gasteiger partial charge in [-0.05, 0) is 43.2 Å². The molecule has 1 unspecified atom stereocenters. The highest BCUT2D eigenvalue weighted by Gasteiger charge is 2.16. The molecule has 2 aromatic carbocycles. The van der Waals surface area contributed by atoms with E-state index in [0.29, 0.717) is 17.2 Å². The van der Waals surface area contributed by atoms with Crippen LogP contribution >= 0.6 is 11.6 Å². The molecule has 2 nitrogen and oxygen atoms in total. The number of ether oxygens (including phenoxy) is 1. The van der Waals surface area contributed by atoms with Crippen LogP contribution in [0.25, 0.3) is 0 Å². The van der Waals surface area contributed by atoms with Gasteiger partial charge in [0.25, 0.3) is 0 Å². The summed E-state index contributed by atoms with van der Waals surface area (Å²) in [7, 11) is 0. The molecule has 20 heavy (non-hydrogen) atoms. The molecule has 0 bridgehead atoms. The maximum atomic E-state index is 12.2. The van der Waals surface area contributed by atoms with Crippen LogP contribution in [0, 0.1) is 6.92 Å². The molecule has 3 heteroatoms. The molecule has 0 aliphatic heterocycles. The molecule has 2 rings (SSSR count). The Balaban J connectivity index is 2.01. The quantitative estimate of drug-likeness (QED) is 0.823. The molecule has 0 saturated heterocycles. The lowest BCUT2D eigenvalue weighted by atomic mass is 10.0. The summed E-state index contributed by atoms with van der Waals surface area (Å²) in [6, 6.07) is 15.0. The zero-order valence-electron chi connectivity index (χ0n) is 11.6. The van der Waals surface area contributed by atoms with Gasteiger partial charge >= 0.3 is 0 Å². The van der Waals surface area contributed by atoms with Crippen LogP contribution in [0.2, 0.25) is 5.02 Å². The third-order valence-electron chi connectivity index (χ3n) is 3.19. The minimum Gasteiger partial charge on any atom is -0.483 e. The topological polar surface area (TPSA) is 26.3 Å². The van der Waals surface area contributed by atoms with Crippen molar-refractivity contribution in [2.75, 3.05) is 0 Å². The number of rotatable bonds is 5. The van der Waals surface area contributed by atoms with Gasteiger partial charge in [-0.3, -0.25) is 4.79 Å². The van der Waals surface area contributed by atoms with Gasteiger partial charge in [-0.2, -0.15) is 0 Å². The van der Waals surface area contributed by atoms with Crippen LogP contribution in [0.15, 0.2) is 48.5 Å². The van der Waals surface area contributed by atoms with E-state index in [1.54, 1.807) is 31.2 Å². The monoisotopic (exact) mass is 288 g/mol. The van der Waals surface area contributed by atoms with E-state index in [9.17, 15) is 4.79 Å². The number of halogens is 1. The number of Topliss-reactive ketones (excluding diaryl/α,β-unsaturated/α-hetero) is 1. The summed E-state index contributed by atoms with van der Waals surface area (Å²) in [5.41, 5.74) is 2.16. The molecular weight excluding hydrogens is 272 g/mol. The number of aryl methyl sites for hydroxylation is 1. The molecule has 0 amide bonds. The smallest absolute Gasteiger partial charge is 0.177 e. The standard InChI is InChI=1S/C17H17ClO2/c1-12-6-3-4-7-14(12)10-17(19)13(2)20-16-9-5-8-15(18)11-16/h3-9,11,13H,10H2,1-2H3. The first-order valence-corrected chi connectivity index (χ1v) is 6.93. The van der Waals surface area contributed by atoms with E-state index in [0.717, 1.165) is 11.1 Å². The number of carbonyl (C=O) groups excluding carboxylic acids is 1. The van der Waals surface area contributed by atoms with Crippen LogP contribution in [0.1, 0.15) is 18.1 Å². The van der Waals surface area contributed by atoms with Crippen LogP contribution in [0.5, 0.6) is 5.75 Å². The van der Waals surface area contributed by atoms with Crippen molar-refractivity contribution in [3.05, 3.63) is 64.7 Å². The van der Waals surface area contributed by atoms with Crippen molar-refractivity contribution in [1.82, 2.24) is 0 Å². The molecular formula is C17H17ClO2. The fourth-order valence-electron chi connectivity index (χ4n) is 1.95. The summed E-state index contributed by atoms with van der Waals surface area (Å²) < 4.78 is 5.64. The zero-order chi connectivity index (χ0) is 14.5. The van der Waals surface area contributed by atoms with Crippen molar-refractivity contribution >= 4 is 17.4 Å². The first kappa shape index (κ1) is 14.6. The van der Waals surface area contributed by atoms with Crippen LogP contribution in [0.3, 0.4) is 0 Å². The number of ketones is 1. The molecule has 0 saturated carbocycles. The number of hydrogen-bond donors (Lipinski definition) is 0. The van der Waals surface area contributed by atoms with E-state index < -0.39 is 6.10 Å². The summed E-state index contributed by atoms with van der Waals surface area (Å²) >= 11 is 5.89. The molecule has 0 aliphatic rings. The van der Waals surface area contributed by atoms with Gasteiger partial charge < -0.3 is 4.74 Å². The normalized spacial score (nSPS) is 11.9. The van der Waals surface area contributed by atoms with E-state index in [1.165, 1.54) is 0 Å². The fourth-order valence-corrected chi connectivity index (χ4v) is 2.13. The molecule has 1 atom stereocenters. The Kier molecular flexibility index (Phi) is 4.80. The van der Waals surface area contributed by atoms with Crippen LogP contribution in [-0.2, 0) is 11.2 Å². The van der Waals surface area contributed by atoms with Gasteiger partial charge in [0.1, 0.15) is 5.75 Å². The number of benzene rings is 2. The van der Waals surface area contributed by atoms with Crippen molar-refractivity contribution in [2.45, 2.75) is 26.4 Å². The van der Waals surface area contributed by atoms with Gasteiger partial charge in [-0.1, -0.05) is 41.9 Å². The van der Waals surface area contributed by atoms with Crippen molar-refractivity contribution in [3.63, 3.8) is 0 Å². The highest BCUT2D eigenvalue weighted by Crippen LogP contribution is 2.19. The number of hydrogen-bond acceptors (Lipinski definition) is 2. The van der Waals surface area contributed by atoms with Gasteiger partial charge in [-0.25, -0.2) is 0 Å². The largest absolute Gasteiger partial charge is 0.483 e. The first-order chi connectivity index (χ1) is 9.56. The van der Waals surface area contributed by atoms with E-state index in [4.69, 9.17) is 16.3 Å². The lowest BCUT2D eigenvalue weighted by Crippen LogP contribution is -2.25. The van der Waals surface area contributed by atoms with Crippen molar-refractivity contribution < 1.29 is 9.53 Å². The summed E-state index contributed by atoms with van der Waals surface area (Å²) in [4.78, 5) is 12.2. The minimum absolute atomic E-state index is 0.0549. The predicted molar refractivity (Wildman–Crippen MR) is 81.4 cm³/mol. The summed E-state index contributed by atoms with van der Waals surface area (Å²) in [6.45, 7) is 3.77. The molecule has 0 radical (unpaired) electrons. The maximum Gasteiger partial charge on any atom is 0.177 e. The van der Waals surface area contributed by atoms with Crippen LogP contribution < -0.4 is 4.74 Å². The Labute approximate surface area is 124 Å². The van der Waals surface area contributed by atoms with E-state index in [2.05, 4.69) is 0 Å². The Morgan fingerprint density at radius 3 is 2.65 bits per heavy atom. The predicted octanol–water partition coefficient (Wildman–Crippen LogP) is 4.23. The van der Waals surface area contributed by atoms with Gasteiger partial charge in [0.05, 0.1) is 0 Å². The molecule has 0 N–H and O–H groups in total. The molecule has 0 spiro atoms. The second kappa shape index (κ2) is 6.58. The highest BCUT2D eigenvalue weighted by molar-refractivity contribution is 6.30. The van der Waals surface area contributed by atoms with Gasteiger partial charge in [0.2, 0.25) is 0 Å². The first-order valence-electron chi connectivity index (χ1n) is 6.55. The van der Waals surface area contributed by atoms with Crippen LogP contribution in [-0.4, -0.2) is 11.9 Å². The second-order valence-electron chi connectivity index (χ2n) is 4.79. The van der Waals surface area contributed by atoms with E-state index in [-0.39, 0.29) is 5.78 Å². The minimum atomic E-state index is -0.493. The lowest BCUT2D eigenvalue weighted by Gasteiger charge is -2.14. The molecule has 104 valence electrons. The van der Waals surface area contributed by atoms with Gasteiger partial charge in [-0.15, -0.1) is 0 Å². The zero-order valence-corrected chi connectivity index (χ0v) is 12.4. The average Bonchev–Trinajstić information content (AvgIpc) is 2.41. The SMILES string of the molecule is Cc1ccccc1CC(=O)C(C)Oc1cccc(Cl)c1. The van der Waals surface area contributed by atoms with Crippen molar-refractivity contribution in [1.29, 1.82) is 0 Å². The van der Waals surface area contributed by atoms with Gasteiger partial charge in [0, 0.05) is 11.4 Å². The molecule has 2 aromatic rings. The highest BCUT2D eigenvalue weighted by atomic mass is 35.5. The molecule has 0 heterocycles. The molecule has 0 aromatic heterocycles. The summed E-state index contributed by atoms with van der Waals surface area (Å²) in [6.07, 6.45) is -0.109. The maximum absolute atomic E-state index is 12.2. The second-order valence-corrected chi connectivity index (χ2v) is 5.22. The Bertz CT molecular complexity index is 607. The lowest BCUT2D eigenvalue weighted by molar-refractivity contribution is -0.124. The summed E-state index contributed by atoms with van der Waals surface area (Å²) in [5, 5.41) is 0.598. The van der Waals surface area contributed by atoms with Crippen molar-refractivity contribution in [2.24, 2.45) is 0 Å². The Hall–Kier alpha value is -1.80. The third kappa shape index (κ3) is 3.84. The Morgan fingerprint density at radius 1 is 1.20 bits per heavy atom. The van der Waals surface area contributed by atoms with E-state index in [1.807, 2.05) is 31.2 Å². The van der Waals surface area contributed by atoms with E-state index >= 15 is 0 Å². The molecule has 0 fully saturated rings. The van der Waals surface area contributed by atoms with Crippen LogP contribution in [0.4, 0.5) is 0 Å². The number of carbonyl (C=O) groups is 1. The summed E-state index contributed by atoms with van der Waals surface area (Å²) in [5.74, 6) is 0.669.